The molecule has 5 rings (SSSR count). The Morgan fingerprint density at radius 3 is 2.25 bits per heavy atom. The monoisotopic (exact) mass is 487 g/mol. The minimum Gasteiger partial charge on any atom is -0.511 e. The van der Waals surface area contributed by atoms with Crippen molar-refractivity contribution in [1.82, 2.24) is 0 Å². The van der Waals surface area contributed by atoms with Gasteiger partial charge in [-0.05, 0) is 58.4 Å². The standard InChI is InChI=1S/C29H29NO6/c1-29(2,3)16-6-4-13(5-7-16)17-8-9-19(31)23-18(17)11-14-10-15-12-20(32)24(28(30)36)27(35)22(15)25(33)21(14)26(23)34/h4-9,14-15,22,31-33H,10-12H2,1-3H3,(H2,30,36). The molecule has 0 saturated carbocycles. The number of allylic oxidation sites excluding steroid dienone is 3. The van der Waals surface area contributed by atoms with E-state index in [9.17, 15) is 29.7 Å². The predicted octanol–water partition coefficient (Wildman–Crippen LogP) is 4.43. The highest BCUT2D eigenvalue weighted by molar-refractivity contribution is 6.22. The van der Waals surface area contributed by atoms with Crippen molar-refractivity contribution in [2.45, 2.75) is 45.4 Å². The number of aliphatic hydroxyl groups excluding tert-OH is 2. The maximum atomic E-state index is 13.7. The minimum absolute atomic E-state index is 0.00937. The lowest BCUT2D eigenvalue weighted by Gasteiger charge is -2.41. The number of benzene rings is 2. The molecule has 0 aliphatic heterocycles. The Balaban J connectivity index is 1.61. The van der Waals surface area contributed by atoms with Gasteiger partial charge in [0.25, 0.3) is 5.91 Å². The second-order valence-corrected chi connectivity index (χ2v) is 11.1. The highest BCUT2D eigenvalue weighted by Crippen LogP contribution is 2.50. The van der Waals surface area contributed by atoms with E-state index in [4.69, 9.17) is 5.73 Å². The van der Waals surface area contributed by atoms with Crippen molar-refractivity contribution in [2.24, 2.45) is 23.5 Å². The first-order valence-corrected chi connectivity index (χ1v) is 12.1. The summed E-state index contributed by atoms with van der Waals surface area (Å²) in [5, 5.41) is 32.1. The number of aliphatic hydroxyl groups is 2. The van der Waals surface area contributed by atoms with Crippen LogP contribution in [-0.2, 0) is 21.4 Å². The van der Waals surface area contributed by atoms with Crippen LogP contribution in [0.25, 0.3) is 11.1 Å². The summed E-state index contributed by atoms with van der Waals surface area (Å²) in [6.07, 6.45) is 0.773. The first-order valence-electron chi connectivity index (χ1n) is 12.1. The average Bonchev–Trinajstić information content (AvgIpc) is 2.78. The molecular weight excluding hydrogens is 458 g/mol. The Kier molecular flexibility index (Phi) is 5.36. The number of ketones is 2. The number of primary amides is 1. The number of amides is 1. The maximum Gasteiger partial charge on any atom is 0.255 e. The number of rotatable bonds is 2. The topological polar surface area (TPSA) is 138 Å². The number of hydrogen-bond donors (Lipinski definition) is 4. The van der Waals surface area contributed by atoms with Crippen LogP contribution in [0.5, 0.6) is 5.75 Å². The third-order valence-corrected chi connectivity index (χ3v) is 7.83. The van der Waals surface area contributed by atoms with Gasteiger partial charge in [0.2, 0.25) is 0 Å². The normalized spacial score (nSPS) is 23.8. The fraction of sp³-hybridized carbons (Fsp3) is 0.345. The van der Waals surface area contributed by atoms with Gasteiger partial charge in [-0.2, -0.15) is 0 Å². The Bertz CT molecular complexity index is 1390. The molecule has 3 unspecified atom stereocenters. The van der Waals surface area contributed by atoms with Gasteiger partial charge in [-0.3, -0.25) is 14.4 Å². The van der Waals surface area contributed by atoms with Crippen LogP contribution < -0.4 is 5.73 Å². The molecule has 0 aromatic heterocycles. The van der Waals surface area contributed by atoms with Gasteiger partial charge >= 0.3 is 0 Å². The molecule has 0 fully saturated rings. The van der Waals surface area contributed by atoms with E-state index < -0.39 is 40.8 Å². The Labute approximate surface area is 209 Å². The Hall–Kier alpha value is -3.87. The molecule has 36 heavy (non-hydrogen) atoms. The zero-order valence-electron chi connectivity index (χ0n) is 20.5. The smallest absolute Gasteiger partial charge is 0.255 e. The molecule has 0 bridgehead atoms. The summed E-state index contributed by atoms with van der Waals surface area (Å²) in [7, 11) is 0. The van der Waals surface area contributed by atoms with Gasteiger partial charge in [-0.25, -0.2) is 0 Å². The van der Waals surface area contributed by atoms with E-state index in [0.29, 0.717) is 18.4 Å². The summed E-state index contributed by atoms with van der Waals surface area (Å²) >= 11 is 0. The lowest BCUT2D eigenvalue weighted by Crippen LogP contribution is -2.43. The molecule has 7 heteroatoms. The largest absolute Gasteiger partial charge is 0.511 e. The number of aromatic hydroxyl groups is 1. The van der Waals surface area contributed by atoms with Gasteiger partial charge in [-0.1, -0.05) is 51.1 Å². The second-order valence-electron chi connectivity index (χ2n) is 11.1. The van der Waals surface area contributed by atoms with E-state index >= 15 is 0 Å². The molecule has 3 atom stereocenters. The van der Waals surface area contributed by atoms with Gasteiger partial charge < -0.3 is 21.1 Å². The van der Waals surface area contributed by atoms with E-state index in [2.05, 4.69) is 32.9 Å². The van der Waals surface area contributed by atoms with Crippen LogP contribution in [0.15, 0.2) is 59.1 Å². The highest BCUT2D eigenvalue weighted by atomic mass is 16.3. The van der Waals surface area contributed by atoms with E-state index in [0.717, 1.165) is 11.1 Å². The number of Topliss-reactive ketones (excluding diaryl/α,β-unsaturated/α-hetero) is 2. The van der Waals surface area contributed by atoms with Crippen molar-refractivity contribution in [1.29, 1.82) is 0 Å². The molecule has 3 aliphatic rings. The zero-order chi connectivity index (χ0) is 26.1. The second kappa shape index (κ2) is 8.08. The summed E-state index contributed by atoms with van der Waals surface area (Å²) in [6.45, 7) is 6.40. The summed E-state index contributed by atoms with van der Waals surface area (Å²) in [5.41, 5.74) is 8.59. The van der Waals surface area contributed by atoms with Gasteiger partial charge in [0.1, 0.15) is 22.8 Å². The molecule has 0 heterocycles. The molecule has 2 aromatic carbocycles. The summed E-state index contributed by atoms with van der Waals surface area (Å²) in [6, 6.07) is 11.4. The molecular formula is C29H29NO6. The number of fused-ring (bicyclic) bond motifs is 3. The van der Waals surface area contributed by atoms with Crippen LogP contribution in [0.1, 0.15) is 55.1 Å². The van der Waals surface area contributed by atoms with Crippen molar-refractivity contribution >= 4 is 17.5 Å². The van der Waals surface area contributed by atoms with E-state index in [-0.39, 0.29) is 40.2 Å². The lowest BCUT2D eigenvalue weighted by atomic mass is 9.62. The van der Waals surface area contributed by atoms with Crippen molar-refractivity contribution in [3.8, 4) is 16.9 Å². The summed E-state index contributed by atoms with van der Waals surface area (Å²) < 4.78 is 0. The average molecular weight is 488 g/mol. The van der Waals surface area contributed by atoms with E-state index in [1.54, 1.807) is 6.07 Å². The van der Waals surface area contributed by atoms with Gasteiger partial charge in [-0.15, -0.1) is 0 Å². The van der Waals surface area contributed by atoms with Gasteiger partial charge in [0.05, 0.1) is 11.5 Å². The molecule has 3 aliphatic carbocycles. The summed E-state index contributed by atoms with van der Waals surface area (Å²) in [5.74, 6) is -5.26. The molecule has 7 nitrogen and oxygen atoms in total. The van der Waals surface area contributed by atoms with E-state index in [1.807, 2.05) is 12.1 Å². The molecule has 5 N–H and O–H groups in total. The van der Waals surface area contributed by atoms with Crippen molar-refractivity contribution < 1.29 is 29.7 Å². The molecule has 2 aromatic rings. The van der Waals surface area contributed by atoms with Crippen LogP contribution in [0, 0.1) is 17.8 Å². The van der Waals surface area contributed by atoms with Crippen LogP contribution in [0.4, 0.5) is 0 Å². The maximum absolute atomic E-state index is 13.7. The number of carbonyl (C=O) groups excluding carboxylic acids is 3. The van der Waals surface area contributed by atoms with Crippen LogP contribution in [0.3, 0.4) is 0 Å². The quantitative estimate of drug-likeness (QED) is 0.463. The van der Waals surface area contributed by atoms with Crippen molar-refractivity contribution in [3.63, 3.8) is 0 Å². The first-order chi connectivity index (χ1) is 16.9. The third kappa shape index (κ3) is 3.53. The van der Waals surface area contributed by atoms with Crippen LogP contribution >= 0.6 is 0 Å². The van der Waals surface area contributed by atoms with Gasteiger partial charge in [0.15, 0.2) is 11.6 Å². The number of phenolic OH excluding ortho intramolecular Hbond substituents is 1. The molecule has 0 spiro atoms. The Morgan fingerprint density at radius 1 is 0.972 bits per heavy atom. The Morgan fingerprint density at radius 2 is 1.64 bits per heavy atom. The number of nitrogens with two attached hydrogens (primary N) is 1. The lowest BCUT2D eigenvalue weighted by molar-refractivity contribution is -0.126. The number of carbonyl (C=O) groups is 3. The fourth-order valence-corrected chi connectivity index (χ4v) is 6.06. The zero-order valence-corrected chi connectivity index (χ0v) is 20.5. The first kappa shape index (κ1) is 23.9. The fourth-order valence-electron chi connectivity index (χ4n) is 6.06. The molecule has 0 saturated heterocycles. The van der Waals surface area contributed by atoms with Crippen molar-refractivity contribution in [3.05, 3.63) is 75.8 Å². The highest BCUT2D eigenvalue weighted by Gasteiger charge is 2.50. The minimum atomic E-state index is -1.12. The molecule has 1 amide bonds. The molecule has 0 radical (unpaired) electrons. The number of phenols is 1. The van der Waals surface area contributed by atoms with Gasteiger partial charge in [0, 0.05) is 12.0 Å². The molecule has 186 valence electrons. The van der Waals surface area contributed by atoms with Crippen LogP contribution in [-0.4, -0.2) is 32.8 Å². The van der Waals surface area contributed by atoms with E-state index in [1.165, 1.54) is 11.6 Å². The summed E-state index contributed by atoms with van der Waals surface area (Å²) in [4.78, 5) is 38.4. The van der Waals surface area contributed by atoms with Crippen LogP contribution in [0.2, 0.25) is 0 Å². The number of hydrogen-bond acceptors (Lipinski definition) is 6. The van der Waals surface area contributed by atoms with Crippen molar-refractivity contribution in [2.75, 3.05) is 0 Å². The SMILES string of the molecule is CC(C)(C)c1ccc(-c2ccc(O)c3c2CC2CC4CC(O)=C(C(N)=O)C(=O)C4C(O)=C2C3=O)cc1. The third-order valence-electron chi connectivity index (χ3n) is 7.83. The predicted molar refractivity (Wildman–Crippen MR) is 133 cm³/mol.